The topological polar surface area (TPSA) is 61.9 Å². The van der Waals surface area contributed by atoms with Crippen LogP contribution in [0.3, 0.4) is 0 Å². The van der Waals surface area contributed by atoms with E-state index in [9.17, 15) is 9.59 Å². The molecule has 21 heavy (non-hydrogen) atoms. The first-order valence-electron chi connectivity index (χ1n) is 7.99. The number of rotatable bonds is 1. The van der Waals surface area contributed by atoms with E-state index in [1.54, 1.807) is 0 Å². The highest BCUT2D eigenvalue weighted by Crippen LogP contribution is 2.31. The largest absolute Gasteiger partial charge is 0.381 e. The molecule has 118 valence electrons. The molecule has 0 unspecified atom stereocenters. The molecular weight excluding hydrogens is 270 g/mol. The van der Waals surface area contributed by atoms with Crippen LogP contribution in [0.5, 0.6) is 0 Å². The monoisotopic (exact) mass is 295 g/mol. The molecule has 0 saturated carbocycles. The third kappa shape index (κ3) is 2.66. The van der Waals surface area contributed by atoms with Gasteiger partial charge in [0.1, 0.15) is 5.54 Å². The third-order valence-electron chi connectivity index (χ3n) is 5.29. The fourth-order valence-corrected chi connectivity index (χ4v) is 3.76. The molecule has 0 aromatic carbocycles. The minimum Gasteiger partial charge on any atom is -0.381 e. The van der Waals surface area contributed by atoms with Crippen molar-refractivity contribution in [3.63, 3.8) is 0 Å². The number of nitrogens with zero attached hydrogens (tertiary/aromatic N) is 2. The molecule has 1 N–H and O–H groups in total. The zero-order chi connectivity index (χ0) is 14.9. The lowest BCUT2D eigenvalue weighted by Crippen LogP contribution is -2.61. The van der Waals surface area contributed by atoms with Crippen molar-refractivity contribution < 1.29 is 14.3 Å². The number of nitrogens with one attached hydrogen (secondary N) is 1. The van der Waals surface area contributed by atoms with E-state index in [0.717, 1.165) is 38.8 Å². The van der Waals surface area contributed by atoms with Crippen LogP contribution in [0.25, 0.3) is 0 Å². The molecular formula is C15H25N3O3. The van der Waals surface area contributed by atoms with Gasteiger partial charge >= 0.3 is 0 Å². The molecule has 0 bridgehead atoms. The second kappa shape index (κ2) is 5.93. The highest BCUT2D eigenvalue weighted by molar-refractivity contribution is 5.87. The molecule has 1 atom stereocenters. The Bertz CT molecular complexity index is 412. The van der Waals surface area contributed by atoms with Gasteiger partial charge in [0, 0.05) is 32.8 Å². The first-order chi connectivity index (χ1) is 10.1. The van der Waals surface area contributed by atoms with Gasteiger partial charge in [-0.2, -0.15) is 0 Å². The van der Waals surface area contributed by atoms with Crippen LogP contribution in [0.15, 0.2) is 0 Å². The third-order valence-corrected chi connectivity index (χ3v) is 5.29. The molecule has 6 nitrogen and oxygen atoms in total. The molecule has 3 rings (SSSR count). The van der Waals surface area contributed by atoms with E-state index < -0.39 is 5.54 Å². The smallest absolute Gasteiger partial charge is 0.240 e. The number of hydrogen-bond donors (Lipinski definition) is 1. The summed E-state index contributed by atoms with van der Waals surface area (Å²) in [4.78, 5) is 29.0. The van der Waals surface area contributed by atoms with Gasteiger partial charge in [0.15, 0.2) is 0 Å². The number of likely N-dealkylation sites (N-methyl/N-ethyl adjacent to an activating group) is 1. The Morgan fingerprint density at radius 3 is 2.76 bits per heavy atom. The van der Waals surface area contributed by atoms with Crippen LogP contribution in [-0.4, -0.2) is 73.6 Å². The summed E-state index contributed by atoms with van der Waals surface area (Å²) in [5.41, 5.74) is -0.417. The van der Waals surface area contributed by atoms with Crippen molar-refractivity contribution in [1.29, 1.82) is 0 Å². The predicted molar refractivity (Wildman–Crippen MR) is 77.7 cm³/mol. The van der Waals surface area contributed by atoms with Crippen molar-refractivity contribution in [2.75, 3.05) is 46.4 Å². The second-order valence-corrected chi connectivity index (χ2v) is 6.45. The molecule has 3 heterocycles. The maximum absolute atomic E-state index is 12.5. The number of carbonyl (C=O) groups excluding carboxylic acids is 2. The summed E-state index contributed by atoms with van der Waals surface area (Å²) in [5, 5.41) is 3.03. The van der Waals surface area contributed by atoms with Crippen molar-refractivity contribution in [3.8, 4) is 0 Å². The Balaban J connectivity index is 1.65. The molecule has 3 aliphatic rings. The second-order valence-electron chi connectivity index (χ2n) is 6.45. The number of ether oxygens (including phenoxy) is 1. The molecule has 3 fully saturated rings. The van der Waals surface area contributed by atoms with Gasteiger partial charge < -0.3 is 15.0 Å². The summed E-state index contributed by atoms with van der Waals surface area (Å²) >= 11 is 0. The van der Waals surface area contributed by atoms with E-state index in [1.165, 1.54) is 0 Å². The maximum atomic E-state index is 12.5. The number of piperidine rings is 1. The van der Waals surface area contributed by atoms with Gasteiger partial charge in [-0.15, -0.1) is 0 Å². The molecule has 0 aromatic heterocycles. The Morgan fingerprint density at radius 2 is 2.10 bits per heavy atom. The van der Waals surface area contributed by atoms with Crippen molar-refractivity contribution in [2.24, 2.45) is 5.92 Å². The van der Waals surface area contributed by atoms with E-state index in [0.29, 0.717) is 26.3 Å². The van der Waals surface area contributed by atoms with Crippen molar-refractivity contribution in [2.45, 2.75) is 31.2 Å². The van der Waals surface area contributed by atoms with E-state index >= 15 is 0 Å². The molecule has 0 radical (unpaired) electrons. The van der Waals surface area contributed by atoms with Gasteiger partial charge in [-0.05, 0) is 32.7 Å². The van der Waals surface area contributed by atoms with Crippen LogP contribution in [0, 0.1) is 5.92 Å². The number of carbonyl (C=O) groups is 2. The highest BCUT2D eigenvalue weighted by Gasteiger charge is 2.46. The van der Waals surface area contributed by atoms with Crippen molar-refractivity contribution >= 4 is 11.8 Å². The SMILES string of the molecule is CN1CCCNC(=O)C12CCN(C(=O)[C@H]1CCOC1)CC2. The molecule has 0 aromatic rings. The van der Waals surface area contributed by atoms with E-state index in [-0.39, 0.29) is 17.7 Å². The molecule has 2 amide bonds. The average Bonchev–Trinajstić information content (AvgIpc) is 3.00. The van der Waals surface area contributed by atoms with Gasteiger partial charge in [-0.1, -0.05) is 0 Å². The zero-order valence-corrected chi connectivity index (χ0v) is 12.8. The van der Waals surface area contributed by atoms with Crippen LogP contribution < -0.4 is 5.32 Å². The number of amides is 2. The number of hydrogen-bond acceptors (Lipinski definition) is 4. The lowest BCUT2D eigenvalue weighted by atomic mass is 9.84. The van der Waals surface area contributed by atoms with Gasteiger partial charge in [-0.25, -0.2) is 0 Å². The number of likely N-dealkylation sites (tertiary alicyclic amines) is 1. The normalized spacial score (nSPS) is 30.2. The maximum Gasteiger partial charge on any atom is 0.240 e. The summed E-state index contributed by atoms with van der Waals surface area (Å²) in [6, 6.07) is 0. The van der Waals surface area contributed by atoms with Gasteiger partial charge in [-0.3, -0.25) is 14.5 Å². The quantitative estimate of drug-likeness (QED) is 0.730. The minimum atomic E-state index is -0.417. The Kier molecular flexibility index (Phi) is 4.17. The van der Waals surface area contributed by atoms with Gasteiger partial charge in [0.25, 0.3) is 0 Å². The fourth-order valence-electron chi connectivity index (χ4n) is 3.76. The van der Waals surface area contributed by atoms with Gasteiger partial charge in [0.2, 0.25) is 11.8 Å². The molecule has 1 spiro atoms. The Labute approximate surface area is 125 Å². The van der Waals surface area contributed by atoms with Crippen molar-refractivity contribution in [3.05, 3.63) is 0 Å². The standard InChI is InChI=1S/C15H25N3O3/c1-17-7-2-6-16-14(20)15(17)4-8-18(9-5-15)13(19)12-3-10-21-11-12/h12H,2-11H2,1H3,(H,16,20)/t12-/m0/s1. The lowest BCUT2D eigenvalue weighted by Gasteiger charge is -2.45. The Morgan fingerprint density at radius 1 is 1.33 bits per heavy atom. The van der Waals surface area contributed by atoms with Crippen LogP contribution in [0.4, 0.5) is 0 Å². The first-order valence-corrected chi connectivity index (χ1v) is 7.99. The van der Waals surface area contributed by atoms with Crippen LogP contribution >= 0.6 is 0 Å². The first kappa shape index (κ1) is 14.8. The molecule has 3 aliphatic heterocycles. The summed E-state index contributed by atoms with van der Waals surface area (Å²) < 4.78 is 5.31. The minimum absolute atomic E-state index is 0.0275. The van der Waals surface area contributed by atoms with Crippen LogP contribution in [0.2, 0.25) is 0 Å². The molecule has 6 heteroatoms. The fraction of sp³-hybridized carbons (Fsp3) is 0.867. The van der Waals surface area contributed by atoms with E-state index in [1.807, 2.05) is 11.9 Å². The summed E-state index contributed by atoms with van der Waals surface area (Å²) in [5.74, 6) is 0.373. The Hall–Kier alpha value is -1.14. The van der Waals surface area contributed by atoms with Crippen LogP contribution in [-0.2, 0) is 14.3 Å². The van der Waals surface area contributed by atoms with Crippen LogP contribution in [0.1, 0.15) is 25.7 Å². The zero-order valence-electron chi connectivity index (χ0n) is 12.8. The van der Waals surface area contributed by atoms with E-state index in [4.69, 9.17) is 4.74 Å². The van der Waals surface area contributed by atoms with Gasteiger partial charge in [0.05, 0.1) is 12.5 Å². The average molecular weight is 295 g/mol. The summed E-state index contributed by atoms with van der Waals surface area (Å²) in [6.45, 7) is 4.29. The van der Waals surface area contributed by atoms with Crippen molar-refractivity contribution in [1.82, 2.24) is 15.1 Å². The molecule has 0 aliphatic carbocycles. The van der Waals surface area contributed by atoms with E-state index in [2.05, 4.69) is 10.2 Å². The predicted octanol–water partition coefficient (Wildman–Crippen LogP) is -0.164. The summed E-state index contributed by atoms with van der Waals surface area (Å²) in [7, 11) is 2.03. The lowest BCUT2D eigenvalue weighted by molar-refractivity contribution is -0.143. The molecule has 3 saturated heterocycles. The highest BCUT2D eigenvalue weighted by atomic mass is 16.5. The summed E-state index contributed by atoms with van der Waals surface area (Å²) in [6.07, 6.45) is 3.29.